The molecule has 0 unspecified atom stereocenters. The first-order valence-electron chi connectivity index (χ1n) is 10.4. The van der Waals surface area contributed by atoms with Crippen LogP contribution in [0.4, 0.5) is 0 Å². The minimum atomic E-state index is -0.907. The van der Waals surface area contributed by atoms with Gasteiger partial charge in [-0.3, -0.25) is 4.98 Å². The Morgan fingerprint density at radius 3 is 2.77 bits per heavy atom. The summed E-state index contributed by atoms with van der Waals surface area (Å²) in [6.45, 7) is 2.93. The molecule has 0 amide bonds. The summed E-state index contributed by atoms with van der Waals surface area (Å²) in [5.74, 6) is -0.0241. The molecule has 6 heteroatoms. The molecule has 1 aliphatic rings. The predicted octanol–water partition coefficient (Wildman–Crippen LogP) is 3.77. The highest BCUT2D eigenvalue weighted by Gasteiger charge is 2.20. The Labute approximate surface area is 181 Å². The van der Waals surface area contributed by atoms with Crippen molar-refractivity contribution in [3.63, 3.8) is 0 Å². The van der Waals surface area contributed by atoms with Crippen LogP contribution in [0.5, 0.6) is 5.75 Å². The van der Waals surface area contributed by atoms with Crippen molar-refractivity contribution in [2.45, 2.75) is 32.0 Å². The van der Waals surface area contributed by atoms with E-state index in [0.717, 1.165) is 46.4 Å². The third-order valence-electron chi connectivity index (χ3n) is 5.66. The van der Waals surface area contributed by atoms with Gasteiger partial charge in [0.15, 0.2) is 0 Å². The van der Waals surface area contributed by atoms with Crippen molar-refractivity contribution in [1.82, 2.24) is 10.3 Å². The number of aryl methyl sites for hydroxylation is 2. The number of rotatable bonds is 7. The van der Waals surface area contributed by atoms with E-state index in [1.165, 1.54) is 0 Å². The standard InChI is InChI=1S/C25H26N2O4/c1-16-11-17(5-8-22(16)25(29)30)18-6-9-24-19(12-18)4-7-21(31-24)14-27-15-23(28)20-3-2-10-26-13-20/h2-3,5-6,8-13,21,23,27-28H,4,7,14-15H2,1H3,(H,29,30)/t21-,23-/m1/s1. The molecule has 0 bridgehead atoms. The summed E-state index contributed by atoms with van der Waals surface area (Å²) >= 11 is 0. The second kappa shape index (κ2) is 9.29. The van der Waals surface area contributed by atoms with Crippen molar-refractivity contribution in [3.05, 3.63) is 83.2 Å². The van der Waals surface area contributed by atoms with Crippen LogP contribution in [0.1, 0.15) is 39.6 Å². The van der Waals surface area contributed by atoms with Crippen LogP contribution in [0, 0.1) is 6.92 Å². The molecule has 0 fully saturated rings. The Morgan fingerprint density at radius 2 is 2.03 bits per heavy atom. The maximum atomic E-state index is 11.2. The quantitative estimate of drug-likeness (QED) is 0.541. The minimum absolute atomic E-state index is 0.0524. The van der Waals surface area contributed by atoms with Crippen LogP contribution in [-0.4, -0.2) is 40.4 Å². The predicted molar refractivity (Wildman–Crippen MR) is 118 cm³/mol. The van der Waals surface area contributed by atoms with Crippen LogP contribution in [0.3, 0.4) is 0 Å². The molecule has 0 spiro atoms. The van der Waals surface area contributed by atoms with Gasteiger partial charge in [-0.1, -0.05) is 24.3 Å². The molecule has 160 valence electrons. The van der Waals surface area contributed by atoms with Gasteiger partial charge in [0.1, 0.15) is 11.9 Å². The van der Waals surface area contributed by atoms with Gasteiger partial charge < -0.3 is 20.3 Å². The van der Waals surface area contributed by atoms with Gasteiger partial charge in [0.2, 0.25) is 0 Å². The molecule has 3 N–H and O–H groups in total. The molecule has 31 heavy (non-hydrogen) atoms. The monoisotopic (exact) mass is 418 g/mol. The zero-order valence-corrected chi connectivity index (χ0v) is 17.4. The number of carbonyl (C=O) groups is 1. The van der Waals surface area contributed by atoms with Crippen LogP contribution in [0.25, 0.3) is 11.1 Å². The lowest BCUT2D eigenvalue weighted by molar-refractivity contribution is 0.0696. The molecule has 4 rings (SSSR count). The number of carboxylic acids is 1. The number of hydrogen-bond donors (Lipinski definition) is 3. The van der Waals surface area contributed by atoms with Gasteiger partial charge in [-0.15, -0.1) is 0 Å². The van der Waals surface area contributed by atoms with Gasteiger partial charge in [0, 0.05) is 31.0 Å². The molecule has 3 aromatic rings. The Balaban J connectivity index is 1.36. The van der Waals surface area contributed by atoms with E-state index in [0.29, 0.717) is 18.7 Å². The summed E-state index contributed by atoms with van der Waals surface area (Å²) in [6, 6.07) is 15.2. The fourth-order valence-corrected chi connectivity index (χ4v) is 3.92. The van der Waals surface area contributed by atoms with Gasteiger partial charge in [-0.05, 0) is 66.3 Å². The van der Waals surface area contributed by atoms with Crippen molar-refractivity contribution < 1.29 is 19.7 Å². The number of aromatic nitrogens is 1. The summed E-state index contributed by atoms with van der Waals surface area (Å²) in [5.41, 5.74) is 5.08. The third-order valence-corrected chi connectivity index (χ3v) is 5.66. The number of aliphatic hydroxyl groups is 1. The average Bonchev–Trinajstić information content (AvgIpc) is 2.79. The first kappa shape index (κ1) is 21.0. The fourth-order valence-electron chi connectivity index (χ4n) is 3.92. The molecular weight excluding hydrogens is 392 g/mol. The lowest BCUT2D eigenvalue weighted by Gasteiger charge is -2.27. The summed E-state index contributed by atoms with van der Waals surface area (Å²) in [4.78, 5) is 15.3. The minimum Gasteiger partial charge on any atom is -0.489 e. The van der Waals surface area contributed by atoms with Crippen molar-refractivity contribution in [2.24, 2.45) is 0 Å². The molecule has 0 aliphatic carbocycles. The molecule has 6 nitrogen and oxygen atoms in total. The van der Waals surface area contributed by atoms with E-state index in [1.54, 1.807) is 18.5 Å². The highest BCUT2D eigenvalue weighted by molar-refractivity contribution is 5.90. The van der Waals surface area contributed by atoms with Gasteiger partial charge >= 0.3 is 5.97 Å². The summed E-state index contributed by atoms with van der Waals surface area (Å²) in [5, 5.41) is 22.8. The normalized spacial score (nSPS) is 16.3. The highest BCUT2D eigenvalue weighted by Crippen LogP contribution is 2.32. The number of benzene rings is 2. The SMILES string of the molecule is Cc1cc(-c2ccc3c(c2)CC[C@H](CNC[C@@H](O)c2cccnc2)O3)ccc1C(=O)O. The van der Waals surface area contributed by atoms with E-state index in [2.05, 4.69) is 16.4 Å². The van der Waals surface area contributed by atoms with Crippen molar-refractivity contribution >= 4 is 5.97 Å². The number of nitrogens with one attached hydrogen (secondary N) is 1. The number of hydrogen-bond acceptors (Lipinski definition) is 5. The second-order valence-corrected chi connectivity index (χ2v) is 7.90. The van der Waals surface area contributed by atoms with Crippen LogP contribution in [-0.2, 0) is 6.42 Å². The Hall–Kier alpha value is -3.22. The number of aromatic carboxylic acids is 1. The number of nitrogens with zero attached hydrogens (tertiary/aromatic N) is 1. The van der Waals surface area contributed by atoms with Gasteiger partial charge in [0.05, 0.1) is 11.7 Å². The lowest BCUT2D eigenvalue weighted by atomic mass is 9.95. The molecule has 0 saturated heterocycles. The first-order valence-corrected chi connectivity index (χ1v) is 10.4. The molecule has 1 aliphatic heterocycles. The average molecular weight is 418 g/mol. The summed E-state index contributed by atoms with van der Waals surface area (Å²) in [7, 11) is 0. The maximum Gasteiger partial charge on any atom is 0.335 e. The van der Waals surface area contributed by atoms with Gasteiger partial charge in [-0.25, -0.2) is 4.79 Å². The van der Waals surface area contributed by atoms with Crippen LogP contribution in [0.15, 0.2) is 60.9 Å². The third kappa shape index (κ3) is 4.93. The Bertz CT molecular complexity index is 1070. The summed E-state index contributed by atoms with van der Waals surface area (Å²) < 4.78 is 6.15. The van der Waals surface area contributed by atoms with E-state index in [-0.39, 0.29) is 6.10 Å². The first-order chi connectivity index (χ1) is 15.0. The molecule has 0 saturated carbocycles. The molecule has 2 aromatic carbocycles. The van der Waals surface area contributed by atoms with Crippen LogP contribution < -0.4 is 10.1 Å². The van der Waals surface area contributed by atoms with Gasteiger partial charge in [0.25, 0.3) is 0 Å². The molecule has 1 aromatic heterocycles. The van der Waals surface area contributed by atoms with E-state index >= 15 is 0 Å². The smallest absolute Gasteiger partial charge is 0.335 e. The van der Waals surface area contributed by atoms with E-state index < -0.39 is 12.1 Å². The fraction of sp³-hybridized carbons (Fsp3) is 0.280. The number of pyridine rings is 1. The lowest BCUT2D eigenvalue weighted by Crippen LogP contribution is -2.36. The summed E-state index contributed by atoms with van der Waals surface area (Å²) in [6.07, 6.45) is 4.62. The zero-order chi connectivity index (χ0) is 21.8. The number of aliphatic hydroxyl groups excluding tert-OH is 1. The topological polar surface area (TPSA) is 91.7 Å². The Kier molecular flexibility index (Phi) is 6.30. The Morgan fingerprint density at radius 1 is 1.23 bits per heavy atom. The molecular formula is C25H26N2O4. The molecule has 2 atom stereocenters. The molecule has 2 heterocycles. The number of ether oxygens (including phenoxy) is 1. The maximum absolute atomic E-state index is 11.2. The molecule has 0 radical (unpaired) electrons. The van der Waals surface area contributed by atoms with Crippen LogP contribution >= 0.6 is 0 Å². The highest BCUT2D eigenvalue weighted by atomic mass is 16.5. The largest absolute Gasteiger partial charge is 0.489 e. The van der Waals surface area contributed by atoms with Gasteiger partial charge in [-0.2, -0.15) is 0 Å². The van der Waals surface area contributed by atoms with Crippen molar-refractivity contribution in [1.29, 1.82) is 0 Å². The van der Waals surface area contributed by atoms with Crippen LogP contribution in [0.2, 0.25) is 0 Å². The van der Waals surface area contributed by atoms with Crippen molar-refractivity contribution in [2.75, 3.05) is 13.1 Å². The second-order valence-electron chi connectivity index (χ2n) is 7.90. The van der Waals surface area contributed by atoms with E-state index in [9.17, 15) is 15.0 Å². The van der Waals surface area contributed by atoms with Crippen molar-refractivity contribution in [3.8, 4) is 16.9 Å². The zero-order valence-electron chi connectivity index (χ0n) is 17.4. The van der Waals surface area contributed by atoms with E-state index in [4.69, 9.17) is 4.74 Å². The number of carboxylic acid groups (broad SMARTS) is 1. The number of fused-ring (bicyclic) bond motifs is 1. The van der Waals surface area contributed by atoms with E-state index in [1.807, 2.05) is 43.3 Å².